The molecule has 3 aliphatic rings. The lowest BCUT2D eigenvalue weighted by atomic mass is 10.0. The van der Waals surface area contributed by atoms with Gasteiger partial charge in [0.15, 0.2) is 9.84 Å². The second kappa shape index (κ2) is 5.64. The lowest BCUT2D eigenvalue weighted by Gasteiger charge is -2.18. The number of rotatable bonds is 4. The molecule has 2 atom stereocenters. The number of nitrogens with zero attached hydrogens (tertiary/aromatic N) is 1. The van der Waals surface area contributed by atoms with Gasteiger partial charge in [0.2, 0.25) is 5.91 Å². The van der Waals surface area contributed by atoms with Gasteiger partial charge in [0.1, 0.15) is 0 Å². The molecular weight excluding hydrogens is 276 g/mol. The van der Waals surface area contributed by atoms with Crippen molar-refractivity contribution >= 4 is 15.7 Å². The highest BCUT2D eigenvalue weighted by Crippen LogP contribution is 2.28. The molecule has 0 radical (unpaired) electrons. The molecule has 0 spiro atoms. The smallest absolute Gasteiger partial charge is 0.223 e. The Balaban J connectivity index is 1.50. The molecule has 5 nitrogen and oxygen atoms in total. The Hall–Kier alpha value is -0.620. The van der Waals surface area contributed by atoms with Crippen LogP contribution in [0.3, 0.4) is 0 Å². The molecule has 2 aliphatic heterocycles. The maximum atomic E-state index is 12.2. The fourth-order valence-electron chi connectivity index (χ4n) is 3.86. The fraction of sp³-hybridized carbons (Fsp3) is 0.929. The van der Waals surface area contributed by atoms with Crippen LogP contribution in [0.5, 0.6) is 0 Å². The summed E-state index contributed by atoms with van der Waals surface area (Å²) in [6.07, 6.45) is 3.78. The molecule has 2 heterocycles. The number of fused-ring (bicyclic) bond motifs is 1. The van der Waals surface area contributed by atoms with Gasteiger partial charge in [-0.2, -0.15) is 0 Å². The Morgan fingerprint density at radius 3 is 2.30 bits per heavy atom. The molecule has 0 bridgehead atoms. The molecule has 6 heteroatoms. The summed E-state index contributed by atoms with van der Waals surface area (Å²) in [5, 5.41) is 3.16. The molecule has 0 aromatic heterocycles. The molecule has 0 aromatic rings. The van der Waals surface area contributed by atoms with Crippen LogP contribution in [0, 0.1) is 11.8 Å². The van der Waals surface area contributed by atoms with Gasteiger partial charge in [0.05, 0.1) is 11.0 Å². The molecule has 20 heavy (non-hydrogen) atoms. The van der Waals surface area contributed by atoms with Crippen LogP contribution in [0.4, 0.5) is 0 Å². The fourth-order valence-corrected chi connectivity index (χ4v) is 5.70. The minimum Gasteiger partial charge on any atom is -0.342 e. The zero-order chi connectivity index (χ0) is 14.2. The number of carbonyl (C=O) groups is 1. The van der Waals surface area contributed by atoms with Crippen LogP contribution in [0.15, 0.2) is 0 Å². The highest BCUT2D eigenvalue weighted by molar-refractivity contribution is 7.92. The predicted octanol–water partition coefficient (Wildman–Crippen LogP) is 0.412. The van der Waals surface area contributed by atoms with Crippen LogP contribution >= 0.6 is 0 Å². The first-order valence-corrected chi connectivity index (χ1v) is 9.48. The van der Waals surface area contributed by atoms with Crippen molar-refractivity contribution in [2.45, 2.75) is 37.4 Å². The van der Waals surface area contributed by atoms with Crippen molar-refractivity contribution in [3.05, 3.63) is 0 Å². The standard InChI is InChI=1S/C14H24N2O3S/c17-14(16-9-11-7-15-8-12(11)10-16)5-6-20(18,19)13-3-1-2-4-13/h11-13,15H,1-10H2/t11-,12+. The number of carbonyl (C=O) groups excluding carboxylic acids is 1. The number of amides is 1. The van der Waals surface area contributed by atoms with E-state index in [2.05, 4.69) is 5.32 Å². The van der Waals surface area contributed by atoms with Crippen LogP contribution in [0.2, 0.25) is 0 Å². The largest absolute Gasteiger partial charge is 0.342 e. The van der Waals surface area contributed by atoms with E-state index in [0.717, 1.165) is 51.9 Å². The van der Waals surface area contributed by atoms with Gasteiger partial charge in [-0.3, -0.25) is 4.79 Å². The van der Waals surface area contributed by atoms with Gasteiger partial charge in [-0.15, -0.1) is 0 Å². The highest BCUT2D eigenvalue weighted by Gasteiger charge is 2.38. The average molecular weight is 300 g/mol. The Morgan fingerprint density at radius 1 is 1.10 bits per heavy atom. The van der Waals surface area contributed by atoms with Crippen LogP contribution in [0.1, 0.15) is 32.1 Å². The second-order valence-electron chi connectivity index (χ2n) is 6.50. The Morgan fingerprint density at radius 2 is 1.70 bits per heavy atom. The third kappa shape index (κ3) is 2.86. The molecule has 1 amide bonds. The molecule has 2 saturated heterocycles. The van der Waals surface area contributed by atoms with Crippen molar-refractivity contribution in [1.29, 1.82) is 0 Å². The first-order chi connectivity index (χ1) is 9.56. The van der Waals surface area contributed by atoms with Crippen LogP contribution in [-0.4, -0.2) is 56.4 Å². The van der Waals surface area contributed by atoms with E-state index in [9.17, 15) is 13.2 Å². The first kappa shape index (κ1) is 14.3. The lowest BCUT2D eigenvalue weighted by Crippen LogP contribution is -2.33. The van der Waals surface area contributed by atoms with Gasteiger partial charge in [0, 0.05) is 32.6 Å². The monoisotopic (exact) mass is 300 g/mol. The van der Waals surface area contributed by atoms with Gasteiger partial charge >= 0.3 is 0 Å². The van der Waals surface area contributed by atoms with Crippen molar-refractivity contribution in [2.75, 3.05) is 31.9 Å². The third-order valence-corrected chi connectivity index (χ3v) is 7.41. The highest BCUT2D eigenvalue weighted by atomic mass is 32.2. The summed E-state index contributed by atoms with van der Waals surface area (Å²) in [6, 6.07) is 0. The molecule has 1 N–H and O–H groups in total. The number of hydrogen-bond donors (Lipinski definition) is 1. The summed E-state index contributed by atoms with van der Waals surface area (Å²) in [5.41, 5.74) is 0. The van der Waals surface area contributed by atoms with Crippen molar-refractivity contribution in [3.8, 4) is 0 Å². The molecular formula is C14H24N2O3S. The van der Waals surface area contributed by atoms with Crippen LogP contribution < -0.4 is 5.32 Å². The van der Waals surface area contributed by atoms with E-state index in [1.54, 1.807) is 0 Å². The average Bonchev–Trinajstić information content (AvgIpc) is 3.10. The first-order valence-electron chi connectivity index (χ1n) is 7.76. The maximum Gasteiger partial charge on any atom is 0.223 e. The summed E-state index contributed by atoms with van der Waals surface area (Å²) < 4.78 is 24.3. The number of sulfone groups is 1. The predicted molar refractivity (Wildman–Crippen MR) is 77.1 cm³/mol. The minimum absolute atomic E-state index is 0.0287. The molecule has 1 aliphatic carbocycles. The van der Waals surface area contributed by atoms with Gasteiger partial charge in [-0.05, 0) is 24.7 Å². The summed E-state index contributed by atoms with van der Waals surface area (Å²) in [7, 11) is -3.06. The van der Waals surface area contributed by atoms with Gasteiger partial charge in [-0.25, -0.2) is 8.42 Å². The van der Waals surface area contributed by atoms with Crippen LogP contribution in [-0.2, 0) is 14.6 Å². The topological polar surface area (TPSA) is 66.5 Å². The zero-order valence-electron chi connectivity index (χ0n) is 11.9. The van der Waals surface area contributed by atoms with Gasteiger partial charge in [0.25, 0.3) is 0 Å². The van der Waals surface area contributed by atoms with E-state index in [1.165, 1.54) is 0 Å². The number of nitrogens with one attached hydrogen (secondary N) is 1. The van der Waals surface area contributed by atoms with E-state index in [4.69, 9.17) is 0 Å². The van der Waals surface area contributed by atoms with Crippen molar-refractivity contribution < 1.29 is 13.2 Å². The molecule has 3 fully saturated rings. The molecule has 0 unspecified atom stereocenters. The van der Waals surface area contributed by atoms with E-state index < -0.39 is 9.84 Å². The van der Waals surface area contributed by atoms with E-state index in [1.807, 2.05) is 4.90 Å². The number of likely N-dealkylation sites (tertiary alicyclic amines) is 1. The lowest BCUT2D eigenvalue weighted by molar-refractivity contribution is -0.130. The Bertz CT molecular complexity index is 459. The van der Waals surface area contributed by atoms with E-state index in [0.29, 0.717) is 11.8 Å². The summed E-state index contributed by atoms with van der Waals surface area (Å²) in [4.78, 5) is 14.1. The summed E-state index contributed by atoms with van der Waals surface area (Å²) in [5.74, 6) is 1.22. The normalized spacial score (nSPS) is 30.9. The molecule has 3 rings (SSSR count). The summed E-state index contributed by atoms with van der Waals surface area (Å²) in [6.45, 7) is 3.60. The van der Waals surface area contributed by atoms with Crippen molar-refractivity contribution in [2.24, 2.45) is 11.8 Å². The summed E-state index contributed by atoms with van der Waals surface area (Å²) >= 11 is 0. The molecule has 1 saturated carbocycles. The van der Waals surface area contributed by atoms with E-state index in [-0.39, 0.29) is 23.3 Å². The molecule has 114 valence electrons. The third-order valence-electron chi connectivity index (χ3n) is 5.15. The van der Waals surface area contributed by atoms with Crippen LogP contribution in [0.25, 0.3) is 0 Å². The second-order valence-corrected chi connectivity index (χ2v) is 8.90. The zero-order valence-corrected chi connectivity index (χ0v) is 12.7. The number of hydrogen-bond acceptors (Lipinski definition) is 4. The van der Waals surface area contributed by atoms with Crippen molar-refractivity contribution in [3.63, 3.8) is 0 Å². The minimum atomic E-state index is -3.06. The van der Waals surface area contributed by atoms with Gasteiger partial charge < -0.3 is 10.2 Å². The quantitative estimate of drug-likeness (QED) is 0.817. The molecule has 0 aromatic carbocycles. The Labute approximate surface area is 121 Å². The van der Waals surface area contributed by atoms with Gasteiger partial charge in [-0.1, -0.05) is 12.8 Å². The SMILES string of the molecule is O=C(CCS(=O)(=O)C1CCCC1)N1C[C@H]2CNC[C@H]2C1. The Kier molecular flexibility index (Phi) is 4.04. The van der Waals surface area contributed by atoms with Crippen molar-refractivity contribution in [1.82, 2.24) is 10.2 Å². The maximum absolute atomic E-state index is 12.2. The van der Waals surface area contributed by atoms with E-state index >= 15 is 0 Å².